The second-order valence-electron chi connectivity index (χ2n) is 4.17. The summed E-state index contributed by atoms with van der Waals surface area (Å²) >= 11 is 0. The molecule has 1 rings (SSSR count). The second kappa shape index (κ2) is 8.34. The number of methoxy groups -OCH3 is 2. The number of nitrogens with zero attached hydrogens (tertiary/aromatic N) is 1. The van der Waals surface area contributed by atoms with Crippen molar-refractivity contribution in [1.29, 1.82) is 0 Å². The highest BCUT2D eigenvalue weighted by Crippen LogP contribution is 2.39. The van der Waals surface area contributed by atoms with Crippen LogP contribution in [-0.4, -0.2) is 37.4 Å². The van der Waals surface area contributed by atoms with Gasteiger partial charge in [0.2, 0.25) is 5.75 Å². The Hall–Kier alpha value is -1.86. The van der Waals surface area contributed by atoms with Crippen LogP contribution in [0.25, 0.3) is 0 Å². The van der Waals surface area contributed by atoms with E-state index in [1.807, 2.05) is 0 Å². The Morgan fingerprint density at radius 2 is 1.95 bits per heavy atom. The molecule has 7 nitrogen and oxygen atoms in total. The number of ether oxygens (including phenoxy) is 2. The Labute approximate surface area is 117 Å². The molecule has 2 N–H and O–H groups in total. The Morgan fingerprint density at radius 1 is 1.25 bits per heavy atom. The van der Waals surface area contributed by atoms with E-state index in [1.165, 1.54) is 20.3 Å². The normalized spacial score (nSPS) is 10.3. The first kappa shape index (κ1) is 16.2. The maximum atomic E-state index is 10.9. The van der Waals surface area contributed by atoms with Crippen molar-refractivity contribution in [2.45, 2.75) is 19.4 Å². The maximum Gasteiger partial charge on any atom is 0.314 e. The van der Waals surface area contributed by atoms with Crippen LogP contribution in [0.15, 0.2) is 12.1 Å². The molecule has 20 heavy (non-hydrogen) atoms. The summed E-state index contributed by atoms with van der Waals surface area (Å²) in [5.41, 5.74) is 0.673. The monoisotopic (exact) mass is 284 g/mol. The number of aliphatic hydroxyl groups is 1. The first-order valence-electron chi connectivity index (χ1n) is 6.35. The molecule has 0 aliphatic rings. The molecule has 0 aromatic heterocycles. The van der Waals surface area contributed by atoms with Gasteiger partial charge in [-0.15, -0.1) is 0 Å². The minimum atomic E-state index is -0.500. The first-order valence-corrected chi connectivity index (χ1v) is 6.35. The summed E-state index contributed by atoms with van der Waals surface area (Å²) in [6, 6.07) is 3.06. The molecule has 0 unspecified atom stereocenters. The van der Waals surface area contributed by atoms with Gasteiger partial charge in [-0.3, -0.25) is 10.1 Å². The highest BCUT2D eigenvalue weighted by atomic mass is 16.6. The van der Waals surface area contributed by atoms with Crippen LogP contribution in [0, 0.1) is 10.1 Å². The highest BCUT2D eigenvalue weighted by molar-refractivity contribution is 5.59. The lowest BCUT2D eigenvalue weighted by atomic mass is 10.1. The molecule has 1 aromatic rings. The molecule has 0 saturated heterocycles. The van der Waals surface area contributed by atoms with E-state index in [0.29, 0.717) is 12.3 Å². The van der Waals surface area contributed by atoms with Crippen LogP contribution in [0.4, 0.5) is 5.69 Å². The fourth-order valence-electron chi connectivity index (χ4n) is 1.88. The Bertz CT molecular complexity index is 451. The van der Waals surface area contributed by atoms with E-state index in [2.05, 4.69) is 5.32 Å². The molecule has 0 heterocycles. The third-order valence-electron chi connectivity index (χ3n) is 2.85. The van der Waals surface area contributed by atoms with Gasteiger partial charge in [0.15, 0.2) is 5.75 Å². The number of hydrogen-bond acceptors (Lipinski definition) is 6. The molecule has 0 atom stereocenters. The molecule has 0 bridgehead atoms. The number of aliphatic hydroxyl groups excluding tert-OH is 1. The molecule has 1 aromatic carbocycles. The van der Waals surface area contributed by atoms with Crippen LogP contribution in [0.1, 0.15) is 18.4 Å². The van der Waals surface area contributed by atoms with Gasteiger partial charge in [0.25, 0.3) is 0 Å². The average molecular weight is 284 g/mol. The lowest BCUT2D eigenvalue weighted by molar-refractivity contribution is -0.385. The predicted octanol–water partition coefficient (Wildman–Crippen LogP) is 1.47. The summed E-state index contributed by atoms with van der Waals surface area (Å²) in [6.07, 6.45) is 1.61. The van der Waals surface area contributed by atoms with Crippen molar-refractivity contribution in [2.75, 3.05) is 27.4 Å². The van der Waals surface area contributed by atoms with Crippen molar-refractivity contribution >= 4 is 5.69 Å². The molecule has 0 aliphatic heterocycles. The fourth-order valence-corrected chi connectivity index (χ4v) is 1.88. The van der Waals surface area contributed by atoms with Gasteiger partial charge >= 0.3 is 5.69 Å². The van der Waals surface area contributed by atoms with E-state index in [9.17, 15) is 10.1 Å². The molecular weight excluding hydrogens is 264 g/mol. The minimum Gasteiger partial charge on any atom is -0.492 e. The average Bonchev–Trinajstić information content (AvgIpc) is 2.45. The zero-order valence-electron chi connectivity index (χ0n) is 11.7. The Balaban J connectivity index is 2.83. The van der Waals surface area contributed by atoms with E-state index in [1.54, 1.807) is 6.07 Å². The van der Waals surface area contributed by atoms with Crippen LogP contribution in [0.3, 0.4) is 0 Å². The smallest absolute Gasteiger partial charge is 0.314 e. The zero-order chi connectivity index (χ0) is 15.0. The number of nitro benzene ring substituents is 1. The molecular formula is C13H20N2O5. The number of unbranched alkanes of at least 4 members (excludes halogenated alkanes) is 1. The molecule has 112 valence electrons. The van der Waals surface area contributed by atoms with Gasteiger partial charge < -0.3 is 19.9 Å². The fraction of sp³-hybridized carbons (Fsp3) is 0.538. The standard InChI is InChI=1S/C13H20N2O5/c1-19-12-10(9-14-7-3-4-8-16)5-6-11(15(17)18)13(12)20-2/h5-6,14,16H,3-4,7-9H2,1-2H3. The van der Waals surface area contributed by atoms with Crippen LogP contribution in [0.5, 0.6) is 11.5 Å². The van der Waals surface area contributed by atoms with Crippen molar-refractivity contribution in [3.05, 3.63) is 27.8 Å². The van der Waals surface area contributed by atoms with Gasteiger partial charge in [0, 0.05) is 24.8 Å². The maximum absolute atomic E-state index is 10.9. The van der Waals surface area contributed by atoms with Crippen molar-refractivity contribution < 1.29 is 19.5 Å². The quantitative estimate of drug-likeness (QED) is 0.405. The molecule has 7 heteroatoms. The largest absolute Gasteiger partial charge is 0.492 e. The molecule has 0 radical (unpaired) electrons. The molecule has 0 aliphatic carbocycles. The van der Waals surface area contributed by atoms with Crippen LogP contribution < -0.4 is 14.8 Å². The molecule has 0 spiro atoms. The van der Waals surface area contributed by atoms with Gasteiger partial charge in [0.05, 0.1) is 19.1 Å². The Kier molecular flexibility index (Phi) is 6.75. The van der Waals surface area contributed by atoms with Gasteiger partial charge in [-0.05, 0) is 25.5 Å². The third-order valence-corrected chi connectivity index (χ3v) is 2.85. The van der Waals surface area contributed by atoms with E-state index >= 15 is 0 Å². The van der Waals surface area contributed by atoms with E-state index in [0.717, 1.165) is 24.9 Å². The summed E-state index contributed by atoms with van der Waals surface area (Å²) in [5, 5.41) is 22.8. The number of hydrogen-bond donors (Lipinski definition) is 2. The summed E-state index contributed by atoms with van der Waals surface area (Å²) < 4.78 is 10.3. The zero-order valence-corrected chi connectivity index (χ0v) is 11.7. The summed E-state index contributed by atoms with van der Waals surface area (Å²) in [5.74, 6) is 0.503. The van der Waals surface area contributed by atoms with Crippen LogP contribution >= 0.6 is 0 Å². The predicted molar refractivity (Wildman–Crippen MR) is 74.2 cm³/mol. The number of nitro groups is 1. The summed E-state index contributed by atoms with van der Waals surface area (Å²) in [4.78, 5) is 10.4. The lowest BCUT2D eigenvalue weighted by Gasteiger charge is -2.13. The second-order valence-corrected chi connectivity index (χ2v) is 4.17. The van der Waals surface area contributed by atoms with Gasteiger partial charge in [0.1, 0.15) is 0 Å². The number of rotatable bonds is 9. The number of nitrogens with one attached hydrogen (secondary N) is 1. The van der Waals surface area contributed by atoms with Gasteiger partial charge in [-0.2, -0.15) is 0 Å². The lowest BCUT2D eigenvalue weighted by Crippen LogP contribution is -2.16. The van der Waals surface area contributed by atoms with Gasteiger partial charge in [-0.1, -0.05) is 0 Å². The molecule has 0 amide bonds. The van der Waals surface area contributed by atoms with Crippen molar-refractivity contribution in [3.8, 4) is 11.5 Å². The van der Waals surface area contributed by atoms with Crippen LogP contribution in [0.2, 0.25) is 0 Å². The van der Waals surface area contributed by atoms with E-state index < -0.39 is 4.92 Å². The van der Waals surface area contributed by atoms with E-state index in [4.69, 9.17) is 14.6 Å². The van der Waals surface area contributed by atoms with E-state index in [-0.39, 0.29) is 18.0 Å². The van der Waals surface area contributed by atoms with Crippen molar-refractivity contribution in [1.82, 2.24) is 5.32 Å². The topological polar surface area (TPSA) is 93.9 Å². The highest BCUT2D eigenvalue weighted by Gasteiger charge is 2.22. The third kappa shape index (κ3) is 4.07. The minimum absolute atomic E-state index is 0.117. The van der Waals surface area contributed by atoms with Crippen molar-refractivity contribution in [3.63, 3.8) is 0 Å². The molecule has 0 fully saturated rings. The van der Waals surface area contributed by atoms with Crippen molar-refractivity contribution in [2.24, 2.45) is 0 Å². The first-order chi connectivity index (χ1) is 9.65. The Morgan fingerprint density at radius 3 is 2.50 bits per heavy atom. The summed E-state index contributed by atoms with van der Waals surface area (Å²) in [7, 11) is 2.83. The SMILES string of the molecule is COc1c(CNCCCCO)ccc([N+](=O)[O-])c1OC. The summed E-state index contributed by atoms with van der Waals surface area (Å²) in [6.45, 7) is 1.45. The van der Waals surface area contributed by atoms with Crippen LogP contribution in [-0.2, 0) is 6.54 Å². The molecule has 0 saturated carbocycles. The number of benzene rings is 1. The van der Waals surface area contributed by atoms with Gasteiger partial charge in [-0.25, -0.2) is 0 Å².